The molecule has 0 bridgehead atoms. The highest BCUT2D eigenvalue weighted by molar-refractivity contribution is 7.26. The van der Waals surface area contributed by atoms with E-state index in [4.69, 9.17) is 0 Å². The van der Waals surface area contributed by atoms with Crippen LogP contribution in [0, 0.1) is 11.3 Å². The smallest absolute Gasteiger partial charge is 0.0991 e. The maximum atomic E-state index is 9.62. The highest BCUT2D eigenvalue weighted by Crippen LogP contribution is 2.47. The molecule has 0 N–H and O–H groups in total. The molecule has 15 aromatic carbocycles. The van der Waals surface area contributed by atoms with Crippen LogP contribution in [0.15, 0.2) is 328 Å². The normalized spacial score (nSPS) is 12.1. The number of rotatable bonds is 8. The first kappa shape index (κ1) is 54.4. The number of hydrogen-bond donors (Lipinski definition) is 0. The lowest BCUT2D eigenvalue weighted by Gasteiger charge is -2.14. The van der Waals surface area contributed by atoms with Crippen molar-refractivity contribution in [2.45, 2.75) is 0 Å². The molecule has 0 aliphatic rings. The van der Waals surface area contributed by atoms with Crippen LogP contribution in [0.5, 0.6) is 0 Å². The third kappa shape index (κ3) is 8.01. The van der Waals surface area contributed by atoms with Crippen LogP contribution in [-0.4, -0.2) is 22.8 Å². The van der Waals surface area contributed by atoms with Crippen molar-refractivity contribution in [3.8, 4) is 67.9 Å². The van der Waals surface area contributed by atoms with Crippen LogP contribution < -0.4 is 0 Å². The SMILES string of the molecule is N#Cc1ccc(-n2c3ccccc3c3cc(-c4ccc5c(c4)c4ccccc4n5-c4cc(-c5ccc6c7cc(-c8ccc9c(c8)c8ccccc8n9-c8ccccc8)ccc7n(-c7ccc8c(c7)c7ccccc7n8-c7ccccc7)c6c5)cc5c4sc4ccccc45)ccc32)cc1. The van der Waals surface area contributed by atoms with Crippen molar-refractivity contribution in [2.75, 3.05) is 0 Å². The van der Waals surface area contributed by atoms with Gasteiger partial charge in [0.25, 0.3) is 0 Å². The molecule has 0 radical (unpaired) electrons. The first-order chi connectivity index (χ1) is 48.5. The summed E-state index contributed by atoms with van der Waals surface area (Å²) in [5, 5.41) is 24.2. The summed E-state index contributed by atoms with van der Waals surface area (Å²) in [4.78, 5) is 0. The number of fused-ring (bicyclic) bond motifs is 18. The number of hydrogen-bond acceptors (Lipinski definition) is 2. The molecule has 7 heteroatoms. The summed E-state index contributed by atoms with van der Waals surface area (Å²) in [5.74, 6) is 0. The molecule has 21 aromatic rings. The van der Waals surface area contributed by atoms with Crippen LogP contribution in [0.2, 0.25) is 0 Å². The Hall–Kier alpha value is -13.0. The van der Waals surface area contributed by atoms with Gasteiger partial charge in [-0.3, -0.25) is 0 Å². The molecule has 0 saturated carbocycles. The lowest BCUT2D eigenvalue weighted by molar-refractivity contribution is 1.17. The Balaban J connectivity index is 0.758. The van der Waals surface area contributed by atoms with Crippen molar-refractivity contribution < 1.29 is 0 Å². The van der Waals surface area contributed by atoms with E-state index in [2.05, 4.69) is 332 Å². The van der Waals surface area contributed by atoms with Crippen LogP contribution in [-0.2, 0) is 0 Å². The molecule has 0 unspecified atom stereocenters. The number of nitriles is 1. The minimum atomic E-state index is 0.646. The molecule has 0 fully saturated rings. The van der Waals surface area contributed by atoms with Gasteiger partial charge in [-0.2, -0.15) is 5.26 Å². The number of nitrogens with zero attached hydrogens (tertiary/aromatic N) is 6. The van der Waals surface area contributed by atoms with Gasteiger partial charge in [0, 0.05) is 92.1 Å². The third-order valence-corrected chi connectivity index (χ3v) is 21.9. The predicted octanol–water partition coefficient (Wildman–Crippen LogP) is 24.4. The molecule has 0 spiro atoms. The monoisotopic (exact) mass is 1260 g/mol. The Morgan fingerprint density at radius 2 is 0.551 bits per heavy atom. The minimum Gasteiger partial charge on any atom is -0.309 e. The van der Waals surface area contributed by atoms with Gasteiger partial charge in [0.05, 0.1) is 77.2 Å². The largest absolute Gasteiger partial charge is 0.309 e. The van der Waals surface area contributed by atoms with Crippen molar-refractivity contribution in [2.24, 2.45) is 0 Å². The van der Waals surface area contributed by atoms with Gasteiger partial charge in [-0.05, 0) is 197 Å². The zero-order valence-electron chi connectivity index (χ0n) is 52.8. The summed E-state index contributed by atoms with van der Waals surface area (Å²) < 4.78 is 14.6. The highest BCUT2D eigenvalue weighted by Gasteiger charge is 2.24. The van der Waals surface area contributed by atoms with E-state index in [0.717, 1.165) is 83.8 Å². The quantitative estimate of drug-likeness (QED) is 0.150. The van der Waals surface area contributed by atoms with Crippen molar-refractivity contribution >= 4 is 141 Å². The second-order valence-electron chi connectivity index (χ2n) is 25.9. The average Bonchev–Trinajstić information content (AvgIpc) is 1.57. The summed E-state index contributed by atoms with van der Waals surface area (Å²) in [6.45, 7) is 0. The molecule has 454 valence electrons. The average molecular weight is 1260 g/mol. The van der Waals surface area contributed by atoms with E-state index in [0.29, 0.717) is 5.56 Å². The predicted molar refractivity (Wildman–Crippen MR) is 412 cm³/mol. The van der Waals surface area contributed by atoms with E-state index in [-0.39, 0.29) is 0 Å². The van der Waals surface area contributed by atoms with Gasteiger partial charge < -0.3 is 22.8 Å². The van der Waals surface area contributed by atoms with Gasteiger partial charge in [-0.1, -0.05) is 164 Å². The summed E-state index contributed by atoms with van der Waals surface area (Å²) in [7, 11) is 0. The van der Waals surface area contributed by atoms with Crippen molar-refractivity contribution in [1.29, 1.82) is 5.26 Å². The maximum Gasteiger partial charge on any atom is 0.0991 e. The molecule has 6 heterocycles. The molecule has 98 heavy (non-hydrogen) atoms. The maximum absolute atomic E-state index is 9.62. The van der Waals surface area contributed by atoms with Crippen molar-refractivity contribution in [3.63, 3.8) is 0 Å². The molecule has 21 rings (SSSR count). The van der Waals surface area contributed by atoms with Crippen molar-refractivity contribution in [3.05, 3.63) is 333 Å². The Morgan fingerprint density at radius 3 is 1.04 bits per heavy atom. The second kappa shape index (κ2) is 21.0. The topological polar surface area (TPSA) is 48.4 Å². The summed E-state index contributed by atoms with van der Waals surface area (Å²) in [6.07, 6.45) is 0. The molecule has 0 aliphatic heterocycles. The summed E-state index contributed by atoms with van der Waals surface area (Å²) >= 11 is 1.87. The van der Waals surface area contributed by atoms with Crippen LogP contribution in [0.4, 0.5) is 0 Å². The summed E-state index contributed by atoms with van der Waals surface area (Å²) in [6, 6.07) is 123. The lowest BCUT2D eigenvalue weighted by Crippen LogP contribution is -1.96. The fraction of sp³-hybridized carbons (Fsp3) is 0. The highest BCUT2D eigenvalue weighted by atomic mass is 32.1. The standard InChI is InChI=1S/C91H54N6S/c92-55-56-31-38-65(39-32-56)95-80-27-13-8-22-68(80)74-48-58(35-43-84(74)95)60-37-45-87-75(49-60)69-23-10-15-29-82(69)97(87)89-53-62(51-78-72-25-11-16-30-90(72)98-91(78)89)61-33-41-71-76-50-59(57-34-42-83-73(47-57)67-21-7-12-26-79(67)93(83)63-17-3-1-4-18-63)36-44-85(76)96(88(71)52-61)66-40-46-86-77(54-66)70-24-9-14-28-81(70)94(86)64-19-5-2-6-20-64/h1-54H. The minimum absolute atomic E-state index is 0.646. The molecule has 6 aromatic heterocycles. The number of benzene rings is 15. The van der Waals surface area contributed by atoms with E-state index in [9.17, 15) is 5.26 Å². The van der Waals surface area contributed by atoms with E-state index in [1.165, 1.54) is 107 Å². The molecular formula is C91H54N6S. The Kier molecular flexibility index (Phi) is 11.7. The van der Waals surface area contributed by atoms with Gasteiger partial charge in [-0.15, -0.1) is 11.3 Å². The molecule has 0 atom stereocenters. The number of thiophene rings is 1. The van der Waals surface area contributed by atoms with Crippen molar-refractivity contribution in [1.82, 2.24) is 22.8 Å². The van der Waals surface area contributed by atoms with Gasteiger partial charge in [0.2, 0.25) is 0 Å². The zero-order valence-corrected chi connectivity index (χ0v) is 53.6. The van der Waals surface area contributed by atoms with Gasteiger partial charge in [0.15, 0.2) is 0 Å². The first-order valence-electron chi connectivity index (χ1n) is 33.3. The van der Waals surface area contributed by atoms with E-state index < -0.39 is 0 Å². The molecular weight excluding hydrogens is 1210 g/mol. The number of para-hydroxylation sites is 6. The Bertz CT molecular complexity index is 6980. The van der Waals surface area contributed by atoms with E-state index in [1.807, 2.05) is 35.6 Å². The molecule has 0 saturated heterocycles. The molecule has 0 amide bonds. The van der Waals surface area contributed by atoms with Gasteiger partial charge >= 0.3 is 0 Å². The molecule has 6 nitrogen and oxygen atoms in total. The van der Waals surface area contributed by atoms with Gasteiger partial charge in [-0.25, -0.2) is 0 Å². The second-order valence-corrected chi connectivity index (χ2v) is 27.0. The molecule has 0 aliphatic carbocycles. The Morgan fingerprint density at radius 1 is 0.214 bits per heavy atom. The van der Waals surface area contributed by atoms with E-state index >= 15 is 0 Å². The summed E-state index contributed by atoms with van der Waals surface area (Å²) in [5.41, 5.74) is 24.8. The fourth-order valence-electron chi connectivity index (χ4n) is 16.3. The van der Waals surface area contributed by atoms with Gasteiger partial charge in [0.1, 0.15) is 0 Å². The van der Waals surface area contributed by atoms with E-state index in [1.54, 1.807) is 0 Å². The van der Waals surface area contributed by atoms with Crippen LogP contribution in [0.1, 0.15) is 5.56 Å². The Labute approximate surface area is 566 Å². The van der Waals surface area contributed by atoms with Crippen LogP contribution in [0.25, 0.3) is 191 Å². The number of aromatic nitrogens is 5. The zero-order chi connectivity index (χ0) is 64.3. The first-order valence-corrected chi connectivity index (χ1v) is 34.2. The van der Waals surface area contributed by atoms with Crippen LogP contribution >= 0.6 is 11.3 Å². The fourth-order valence-corrected chi connectivity index (χ4v) is 17.5. The lowest BCUT2D eigenvalue weighted by atomic mass is 9.98. The third-order valence-electron chi connectivity index (χ3n) is 20.7. The van der Waals surface area contributed by atoms with Crippen LogP contribution in [0.3, 0.4) is 0 Å².